The summed E-state index contributed by atoms with van der Waals surface area (Å²) in [6.45, 7) is 0.223. The summed E-state index contributed by atoms with van der Waals surface area (Å²) in [4.78, 5) is 4.91. The summed E-state index contributed by atoms with van der Waals surface area (Å²) in [5, 5.41) is 0. The zero-order chi connectivity index (χ0) is 21.4. The molecule has 1 aliphatic carbocycles. The first-order chi connectivity index (χ1) is 15.0. The minimum absolute atomic E-state index is 0.191. The summed E-state index contributed by atoms with van der Waals surface area (Å²) in [7, 11) is 0. The van der Waals surface area contributed by atoms with Gasteiger partial charge in [-0.1, -0.05) is 60.7 Å². The van der Waals surface area contributed by atoms with E-state index in [4.69, 9.17) is 10.7 Å². The maximum atomic E-state index is 10.9. The van der Waals surface area contributed by atoms with Gasteiger partial charge in [-0.05, 0) is 36.5 Å². The van der Waals surface area contributed by atoms with E-state index in [1.165, 1.54) is 12.0 Å². The van der Waals surface area contributed by atoms with E-state index in [2.05, 4.69) is 41.1 Å². The first-order valence-electron chi connectivity index (χ1n) is 10.3. The molecule has 7 heteroatoms. The molecule has 1 saturated carbocycles. The number of nitrogens with two attached hydrogens (primary N) is 1. The van der Waals surface area contributed by atoms with Gasteiger partial charge in [0.2, 0.25) is 0 Å². The van der Waals surface area contributed by atoms with E-state index in [1.54, 1.807) is 0 Å². The maximum Gasteiger partial charge on any atom is 0.137 e. The SMILES string of the molecule is NC1(c2ccc(-c3nc4ccc(CNS(=O)[O-])cn4c3-c3ccccc3)cc2)CCC1. The fourth-order valence-corrected chi connectivity index (χ4v) is 4.50. The van der Waals surface area contributed by atoms with Crippen molar-refractivity contribution in [2.75, 3.05) is 0 Å². The molecular formula is C24H23N4O2S-. The zero-order valence-electron chi connectivity index (χ0n) is 17.0. The minimum Gasteiger partial charge on any atom is -0.760 e. The molecule has 4 aromatic rings. The van der Waals surface area contributed by atoms with Gasteiger partial charge in [0.25, 0.3) is 0 Å². The molecule has 2 heterocycles. The van der Waals surface area contributed by atoms with Gasteiger partial charge in [0.1, 0.15) is 5.65 Å². The van der Waals surface area contributed by atoms with Crippen LogP contribution in [0.25, 0.3) is 28.2 Å². The van der Waals surface area contributed by atoms with Crippen LogP contribution in [0, 0.1) is 0 Å². The van der Waals surface area contributed by atoms with Gasteiger partial charge in [0.15, 0.2) is 0 Å². The lowest BCUT2D eigenvalue weighted by molar-refractivity contribution is 0.253. The third-order valence-electron chi connectivity index (χ3n) is 6.10. The molecule has 5 rings (SSSR count). The van der Waals surface area contributed by atoms with Crippen molar-refractivity contribution in [1.29, 1.82) is 0 Å². The van der Waals surface area contributed by atoms with E-state index in [9.17, 15) is 8.76 Å². The number of imidazole rings is 1. The van der Waals surface area contributed by atoms with Gasteiger partial charge in [0, 0.05) is 40.7 Å². The largest absolute Gasteiger partial charge is 0.760 e. The molecule has 2 aromatic carbocycles. The Labute approximate surface area is 183 Å². The van der Waals surface area contributed by atoms with Crippen LogP contribution in [0.3, 0.4) is 0 Å². The van der Waals surface area contributed by atoms with Gasteiger partial charge < -0.3 is 10.3 Å². The second-order valence-corrected chi connectivity index (χ2v) is 8.84. The molecule has 0 bridgehead atoms. The van der Waals surface area contributed by atoms with Crippen molar-refractivity contribution in [1.82, 2.24) is 14.1 Å². The number of hydrogen-bond acceptors (Lipinski definition) is 4. The summed E-state index contributed by atoms with van der Waals surface area (Å²) in [6.07, 6.45) is 5.17. The predicted octanol–water partition coefficient (Wildman–Crippen LogP) is 3.89. The van der Waals surface area contributed by atoms with E-state index < -0.39 is 11.3 Å². The smallest absolute Gasteiger partial charge is 0.137 e. The quantitative estimate of drug-likeness (QED) is 0.453. The summed E-state index contributed by atoms with van der Waals surface area (Å²) in [5.74, 6) is 0. The van der Waals surface area contributed by atoms with Gasteiger partial charge in [-0.2, -0.15) is 0 Å². The van der Waals surface area contributed by atoms with Crippen molar-refractivity contribution in [3.8, 4) is 22.5 Å². The highest BCUT2D eigenvalue weighted by atomic mass is 32.2. The number of hydrogen-bond donors (Lipinski definition) is 2. The normalized spacial score (nSPS) is 16.2. The van der Waals surface area contributed by atoms with Gasteiger partial charge in [0.05, 0.1) is 11.4 Å². The number of fused-ring (bicyclic) bond motifs is 1. The van der Waals surface area contributed by atoms with Crippen molar-refractivity contribution < 1.29 is 8.76 Å². The van der Waals surface area contributed by atoms with E-state index in [-0.39, 0.29) is 12.1 Å². The van der Waals surface area contributed by atoms with Crippen LogP contribution in [-0.4, -0.2) is 18.1 Å². The van der Waals surface area contributed by atoms with Crippen LogP contribution >= 0.6 is 0 Å². The summed E-state index contributed by atoms with van der Waals surface area (Å²) < 4.78 is 26.3. The van der Waals surface area contributed by atoms with Gasteiger partial charge >= 0.3 is 0 Å². The van der Waals surface area contributed by atoms with Gasteiger partial charge in [-0.3, -0.25) is 8.61 Å². The summed E-state index contributed by atoms with van der Waals surface area (Å²) in [6, 6.07) is 22.3. The fraction of sp³-hybridized carbons (Fsp3) is 0.208. The molecule has 1 unspecified atom stereocenters. The standard InChI is InChI=1S/C24H24N4O2S/c25-24(13-4-14-24)20-10-8-18(9-11-20)22-23(19-5-2-1-3-6-19)28-16-17(15-26-31(29)30)7-12-21(28)27-22/h1-3,5-12,16,26H,4,13-15,25H2,(H,29,30)/p-1. The van der Waals surface area contributed by atoms with Crippen molar-refractivity contribution in [3.05, 3.63) is 84.1 Å². The highest BCUT2D eigenvalue weighted by Gasteiger charge is 2.34. The third-order valence-corrected chi connectivity index (χ3v) is 6.48. The lowest BCUT2D eigenvalue weighted by Crippen LogP contribution is -2.43. The van der Waals surface area contributed by atoms with Crippen LogP contribution < -0.4 is 10.5 Å². The Kier molecular flexibility index (Phi) is 5.19. The number of nitrogens with one attached hydrogen (secondary N) is 1. The predicted molar refractivity (Wildman–Crippen MR) is 122 cm³/mol. The molecule has 1 atom stereocenters. The number of nitrogens with zero attached hydrogens (tertiary/aromatic N) is 2. The van der Waals surface area contributed by atoms with E-state index >= 15 is 0 Å². The first kappa shape index (κ1) is 20.1. The van der Waals surface area contributed by atoms with E-state index in [1.807, 2.05) is 40.9 Å². The van der Waals surface area contributed by atoms with Crippen LogP contribution in [-0.2, 0) is 23.4 Å². The highest BCUT2D eigenvalue weighted by Crippen LogP contribution is 2.40. The number of benzene rings is 2. The van der Waals surface area contributed by atoms with Gasteiger partial charge in [-0.15, -0.1) is 0 Å². The lowest BCUT2D eigenvalue weighted by Gasteiger charge is -2.38. The molecule has 2 aromatic heterocycles. The Bertz CT molecular complexity index is 1250. The molecule has 158 valence electrons. The van der Waals surface area contributed by atoms with Crippen molar-refractivity contribution in [3.63, 3.8) is 0 Å². The summed E-state index contributed by atoms with van der Waals surface area (Å²) >= 11 is -2.31. The number of pyridine rings is 1. The fourth-order valence-electron chi connectivity index (χ4n) is 4.21. The van der Waals surface area contributed by atoms with Crippen LogP contribution in [0.15, 0.2) is 72.9 Å². The van der Waals surface area contributed by atoms with Crippen LogP contribution in [0.2, 0.25) is 0 Å². The molecule has 1 fully saturated rings. The molecule has 0 radical (unpaired) electrons. The number of rotatable bonds is 6. The van der Waals surface area contributed by atoms with Crippen LogP contribution in [0.4, 0.5) is 0 Å². The van der Waals surface area contributed by atoms with Gasteiger partial charge in [-0.25, -0.2) is 9.71 Å². The first-order valence-corrected chi connectivity index (χ1v) is 11.4. The van der Waals surface area contributed by atoms with Crippen LogP contribution in [0.1, 0.15) is 30.4 Å². The molecule has 3 N–H and O–H groups in total. The van der Waals surface area contributed by atoms with E-state index in [0.29, 0.717) is 0 Å². The third kappa shape index (κ3) is 3.81. The molecule has 0 saturated heterocycles. The monoisotopic (exact) mass is 431 g/mol. The number of aromatic nitrogens is 2. The Hall–Kier alpha value is -2.84. The zero-order valence-corrected chi connectivity index (χ0v) is 17.8. The van der Waals surface area contributed by atoms with E-state index in [0.717, 1.165) is 46.6 Å². The van der Waals surface area contributed by atoms with Crippen molar-refractivity contribution in [2.24, 2.45) is 5.73 Å². The molecule has 6 nitrogen and oxygen atoms in total. The average molecular weight is 432 g/mol. The van der Waals surface area contributed by atoms with Crippen LogP contribution in [0.5, 0.6) is 0 Å². The Morgan fingerprint density at radius 1 is 1.03 bits per heavy atom. The molecular weight excluding hydrogens is 408 g/mol. The van der Waals surface area contributed by atoms with Crippen molar-refractivity contribution in [2.45, 2.75) is 31.3 Å². The average Bonchev–Trinajstić information content (AvgIpc) is 3.15. The second kappa shape index (κ2) is 8.01. The molecule has 0 spiro atoms. The maximum absolute atomic E-state index is 10.9. The lowest BCUT2D eigenvalue weighted by atomic mass is 9.72. The molecule has 1 aliphatic rings. The highest BCUT2D eigenvalue weighted by molar-refractivity contribution is 7.77. The molecule has 31 heavy (non-hydrogen) atoms. The minimum atomic E-state index is -2.31. The second-order valence-electron chi connectivity index (χ2n) is 8.08. The molecule has 0 aliphatic heterocycles. The van der Waals surface area contributed by atoms with Crippen molar-refractivity contribution >= 4 is 16.9 Å². The summed E-state index contributed by atoms with van der Waals surface area (Å²) in [5.41, 5.74) is 13.0. The topological polar surface area (TPSA) is 95.5 Å². The molecule has 0 amide bonds. The Morgan fingerprint density at radius 3 is 2.42 bits per heavy atom. The Balaban J connectivity index is 1.62. The Morgan fingerprint density at radius 2 is 1.77 bits per heavy atom.